The van der Waals surface area contributed by atoms with Crippen molar-refractivity contribution in [2.45, 2.75) is 0 Å². The third kappa shape index (κ3) is 3.29. The summed E-state index contributed by atoms with van der Waals surface area (Å²) in [6.07, 6.45) is 1.75. The number of benzene rings is 3. The van der Waals surface area contributed by atoms with E-state index in [-0.39, 0.29) is 11.7 Å². The number of amides is 1. The van der Waals surface area contributed by atoms with Crippen LogP contribution in [0.4, 0.5) is 5.69 Å². The molecular weight excluding hydrogens is 378 g/mol. The van der Waals surface area contributed by atoms with Crippen LogP contribution in [0.15, 0.2) is 65.6 Å². The Morgan fingerprint density at radius 2 is 1.85 bits per heavy atom. The number of carbonyl (C=O) groups excluding carboxylic acids is 1. The number of thioether (sulfide) groups is 1. The Labute approximate surface area is 166 Å². The lowest BCUT2D eigenvalue weighted by atomic mass is 10.1. The number of hydrogen-bond acceptors (Lipinski definition) is 5. The second-order valence-corrected chi connectivity index (χ2v) is 7.66. The standard InChI is InChI=1S/C21H15NO3S2/c1-25-18-10-13(6-9-17(18)23)11-19-20(24)22(21(26)27-19)16-8-7-14-4-2-3-5-15(14)12-16/h2-12,23H,1H3/b19-11+. The van der Waals surface area contributed by atoms with E-state index in [1.807, 2.05) is 42.5 Å². The first-order chi connectivity index (χ1) is 13.1. The van der Waals surface area contributed by atoms with Gasteiger partial charge in [-0.2, -0.15) is 0 Å². The van der Waals surface area contributed by atoms with Crippen molar-refractivity contribution in [2.75, 3.05) is 12.0 Å². The van der Waals surface area contributed by atoms with Crippen molar-refractivity contribution in [3.63, 3.8) is 0 Å². The maximum absolute atomic E-state index is 12.9. The van der Waals surface area contributed by atoms with E-state index in [0.717, 1.165) is 22.0 Å². The first-order valence-corrected chi connectivity index (χ1v) is 9.43. The van der Waals surface area contributed by atoms with Crippen LogP contribution >= 0.6 is 24.0 Å². The minimum absolute atomic E-state index is 0.0540. The average Bonchev–Trinajstić information content (AvgIpc) is 2.96. The van der Waals surface area contributed by atoms with Gasteiger partial charge in [-0.25, -0.2) is 0 Å². The van der Waals surface area contributed by atoms with Gasteiger partial charge in [0.2, 0.25) is 0 Å². The summed E-state index contributed by atoms with van der Waals surface area (Å²) in [6.45, 7) is 0. The van der Waals surface area contributed by atoms with Crippen molar-refractivity contribution in [3.05, 3.63) is 71.1 Å². The molecule has 1 aliphatic rings. The van der Waals surface area contributed by atoms with Gasteiger partial charge < -0.3 is 9.84 Å². The molecule has 6 heteroatoms. The molecule has 0 spiro atoms. The first-order valence-electron chi connectivity index (χ1n) is 8.20. The molecule has 134 valence electrons. The minimum atomic E-state index is -0.160. The second-order valence-electron chi connectivity index (χ2n) is 5.98. The molecule has 3 aromatic carbocycles. The molecule has 1 amide bonds. The predicted molar refractivity (Wildman–Crippen MR) is 114 cm³/mol. The molecule has 1 saturated heterocycles. The summed E-state index contributed by atoms with van der Waals surface area (Å²) in [6, 6.07) is 18.8. The molecule has 1 N–H and O–H groups in total. The summed E-state index contributed by atoms with van der Waals surface area (Å²) in [5, 5.41) is 11.9. The van der Waals surface area contributed by atoms with Crippen molar-refractivity contribution in [1.82, 2.24) is 0 Å². The van der Waals surface area contributed by atoms with Crippen molar-refractivity contribution >= 4 is 56.7 Å². The summed E-state index contributed by atoms with van der Waals surface area (Å²) in [5.41, 5.74) is 1.51. The fourth-order valence-electron chi connectivity index (χ4n) is 2.94. The van der Waals surface area contributed by atoms with E-state index in [1.54, 1.807) is 23.1 Å². The van der Waals surface area contributed by atoms with Crippen LogP contribution in [0.25, 0.3) is 16.8 Å². The number of thiocarbonyl (C=S) groups is 1. The quantitative estimate of drug-likeness (QED) is 0.503. The third-order valence-electron chi connectivity index (χ3n) is 4.29. The fraction of sp³-hybridized carbons (Fsp3) is 0.0476. The normalized spacial score (nSPS) is 15.7. The van der Waals surface area contributed by atoms with E-state index in [2.05, 4.69) is 0 Å². The van der Waals surface area contributed by atoms with Gasteiger partial charge in [0.05, 0.1) is 17.7 Å². The minimum Gasteiger partial charge on any atom is -0.504 e. The molecule has 1 aliphatic heterocycles. The zero-order chi connectivity index (χ0) is 19.0. The second kappa shape index (κ2) is 7.06. The maximum atomic E-state index is 12.9. The van der Waals surface area contributed by atoms with Crippen LogP contribution in [0.3, 0.4) is 0 Å². The number of hydrogen-bond donors (Lipinski definition) is 1. The van der Waals surface area contributed by atoms with Crippen molar-refractivity contribution < 1.29 is 14.6 Å². The number of anilines is 1. The van der Waals surface area contributed by atoms with E-state index < -0.39 is 0 Å². The Bertz CT molecular complexity index is 1110. The molecule has 0 aromatic heterocycles. The summed E-state index contributed by atoms with van der Waals surface area (Å²) < 4.78 is 5.62. The zero-order valence-electron chi connectivity index (χ0n) is 14.4. The van der Waals surface area contributed by atoms with E-state index in [9.17, 15) is 9.90 Å². The smallest absolute Gasteiger partial charge is 0.270 e. The van der Waals surface area contributed by atoms with Crippen LogP contribution < -0.4 is 9.64 Å². The zero-order valence-corrected chi connectivity index (χ0v) is 16.0. The van der Waals surface area contributed by atoms with E-state index in [1.165, 1.54) is 24.9 Å². The van der Waals surface area contributed by atoms with Gasteiger partial charge in [-0.05, 0) is 46.7 Å². The highest BCUT2D eigenvalue weighted by Gasteiger charge is 2.33. The number of rotatable bonds is 3. The van der Waals surface area contributed by atoms with Gasteiger partial charge in [0.1, 0.15) is 0 Å². The summed E-state index contributed by atoms with van der Waals surface area (Å²) in [4.78, 5) is 15.0. The Morgan fingerprint density at radius 3 is 2.63 bits per heavy atom. The van der Waals surface area contributed by atoms with Gasteiger partial charge in [0.25, 0.3) is 5.91 Å². The fourth-order valence-corrected chi connectivity index (χ4v) is 4.24. The number of nitrogens with zero attached hydrogens (tertiary/aromatic N) is 1. The van der Waals surface area contributed by atoms with Gasteiger partial charge in [-0.1, -0.05) is 60.4 Å². The van der Waals surface area contributed by atoms with Gasteiger partial charge in [-0.15, -0.1) is 0 Å². The molecule has 0 radical (unpaired) electrons. The first kappa shape index (κ1) is 17.6. The molecule has 4 rings (SSSR count). The number of fused-ring (bicyclic) bond motifs is 1. The van der Waals surface area contributed by atoms with Crippen molar-refractivity contribution in [1.29, 1.82) is 0 Å². The lowest BCUT2D eigenvalue weighted by Gasteiger charge is -2.15. The Morgan fingerprint density at radius 1 is 1.07 bits per heavy atom. The van der Waals surface area contributed by atoms with Crippen LogP contribution in [0.5, 0.6) is 11.5 Å². The van der Waals surface area contributed by atoms with E-state index in [4.69, 9.17) is 17.0 Å². The van der Waals surface area contributed by atoms with Crippen molar-refractivity contribution in [2.24, 2.45) is 0 Å². The lowest BCUT2D eigenvalue weighted by molar-refractivity contribution is -0.113. The number of phenolic OH excluding ortho intramolecular Hbond substituents is 1. The molecule has 27 heavy (non-hydrogen) atoms. The number of methoxy groups -OCH3 is 1. The molecule has 1 heterocycles. The highest BCUT2D eigenvalue weighted by atomic mass is 32.2. The molecule has 1 fully saturated rings. The SMILES string of the molecule is COc1cc(/C=C2/SC(=S)N(c3ccc4ccccc4c3)C2=O)ccc1O. The van der Waals surface area contributed by atoms with Crippen molar-refractivity contribution in [3.8, 4) is 11.5 Å². The van der Waals surface area contributed by atoms with Crippen LogP contribution in [0.2, 0.25) is 0 Å². The molecule has 0 unspecified atom stereocenters. The number of phenols is 1. The molecule has 0 aliphatic carbocycles. The highest BCUT2D eigenvalue weighted by Crippen LogP contribution is 2.37. The highest BCUT2D eigenvalue weighted by molar-refractivity contribution is 8.27. The largest absolute Gasteiger partial charge is 0.504 e. The van der Waals surface area contributed by atoms with E-state index in [0.29, 0.717) is 15.0 Å². The maximum Gasteiger partial charge on any atom is 0.270 e. The Kier molecular flexibility index (Phi) is 4.59. The monoisotopic (exact) mass is 393 g/mol. The lowest BCUT2D eigenvalue weighted by Crippen LogP contribution is -2.27. The Hall–Kier alpha value is -2.83. The topological polar surface area (TPSA) is 49.8 Å². The molecule has 4 nitrogen and oxygen atoms in total. The van der Waals surface area contributed by atoms with Crippen LogP contribution in [0, 0.1) is 0 Å². The number of carbonyl (C=O) groups is 1. The molecule has 0 bridgehead atoms. The van der Waals surface area contributed by atoms with Gasteiger partial charge in [0.15, 0.2) is 15.8 Å². The average molecular weight is 393 g/mol. The third-order valence-corrected chi connectivity index (χ3v) is 5.59. The van der Waals surface area contributed by atoms with Gasteiger partial charge in [-0.3, -0.25) is 9.69 Å². The summed E-state index contributed by atoms with van der Waals surface area (Å²) in [5.74, 6) is 0.249. The van der Waals surface area contributed by atoms with Gasteiger partial charge >= 0.3 is 0 Å². The number of aromatic hydroxyl groups is 1. The van der Waals surface area contributed by atoms with Crippen LogP contribution in [0.1, 0.15) is 5.56 Å². The molecule has 0 atom stereocenters. The molecular formula is C21H15NO3S2. The Balaban J connectivity index is 1.69. The van der Waals surface area contributed by atoms with Crippen LogP contribution in [-0.4, -0.2) is 22.4 Å². The van der Waals surface area contributed by atoms with Crippen LogP contribution in [-0.2, 0) is 4.79 Å². The molecule has 0 saturated carbocycles. The number of ether oxygens (including phenoxy) is 1. The molecule has 3 aromatic rings. The summed E-state index contributed by atoms with van der Waals surface area (Å²) >= 11 is 6.71. The van der Waals surface area contributed by atoms with Gasteiger partial charge in [0, 0.05) is 0 Å². The van der Waals surface area contributed by atoms with E-state index >= 15 is 0 Å². The summed E-state index contributed by atoms with van der Waals surface area (Å²) in [7, 11) is 1.48. The predicted octanol–water partition coefficient (Wildman–Crippen LogP) is 4.96.